The monoisotopic (exact) mass is 377 g/mol. The fourth-order valence-electron chi connectivity index (χ4n) is 3.17. The number of hydrogen-bond acceptors (Lipinski definition) is 5. The normalized spacial score (nSPS) is 16.9. The van der Waals surface area contributed by atoms with E-state index in [0.717, 1.165) is 5.82 Å². The number of rotatable bonds is 1. The van der Waals surface area contributed by atoms with E-state index < -0.39 is 5.82 Å². The summed E-state index contributed by atoms with van der Waals surface area (Å²) < 4.78 is 19.4. The van der Waals surface area contributed by atoms with Crippen LogP contribution in [-0.2, 0) is 0 Å². The zero-order valence-corrected chi connectivity index (χ0v) is 14.7. The summed E-state index contributed by atoms with van der Waals surface area (Å²) in [4.78, 5) is 18.3. The highest BCUT2D eigenvalue weighted by molar-refractivity contribution is 6.31. The molecule has 0 spiro atoms. The minimum absolute atomic E-state index is 0.0179. The maximum Gasteiger partial charge on any atom is 0.324 e. The van der Waals surface area contributed by atoms with Crippen LogP contribution < -0.4 is 14.5 Å². The van der Waals surface area contributed by atoms with Crippen molar-refractivity contribution in [1.29, 1.82) is 0 Å². The summed E-state index contributed by atoms with van der Waals surface area (Å²) in [5.41, 5.74) is 0.416. The highest BCUT2D eigenvalue weighted by Crippen LogP contribution is 2.36. The van der Waals surface area contributed by atoms with Crippen molar-refractivity contribution in [3.63, 3.8) is 0 Å². The Balaban J connectivity index is 1.47. The van der Waals surface area contributed by atoms with Crippen molar-refractivity contribution in [3.05, 3.63) is 41.3 Å². The quantitative estimate of drug-likeness (QED) is 0.763. The fraction of sp³-hybridized carbons (Fsp3) is 0.353. The molecule has 2 amide bonds. The van der Waals surface area contributed by atoms with E-state index in [9.17, 15) is 9.18 Å². The molecule has 0 aliphatic carbocycles. The molecule has 1 aromatic heterocycles. The number of carbonyl (C=O) groups is 1. The Morgan fingerprint density at radius 1 is 1.19 bits per heavy atom. The van der Waals surface area contributed by atoms with Gasteiger partial charge in [-0.25, -0.2) is 9.18 Å². The first-order valence-electron chi connectivity index (χ1n) is 8.34. The molecule has 1 fully saturated rings. The van der Waals surface area contributed by atoms with E-state index in [1.54, 1.807) is 16.0 Å². The van der Waals surface area contributed by atoms with Crippen molar-refractivity contribution in [1.82, 2.24) is 15.1 Å². The van der Waals surface area contributed by atoms with Gasteiger partial charge >= 0.3 is 6.03 Å². The molecule has 2 aromatic rings. The van der Waals surface area contributed by atoms with E-state index >= 15 is 0 Å². The minimum Gasteiger partial charge on any atom is -0.489 e. The molecule has 0 N–H and O–H groups in total. The summed E-state index contributed by atoms with van der Waals surface area (Å²) in [6.07, 6.45) is 1.63. The lowest BCUT2D eigenvalue weighted by atomic mass is 10.2. The minimum atomic E-state index is -0.568. The first kappa shape index (κ1) is 16.8. The molecule has 7 nitrogen and oxygen atoms in total. The Labute approximate surface area is 154 Å². The van der Waals surface area contributed by atoms with Gasteiger partial charge in [0.1, 0.15) is 18.2 Å². The van der Waals surface area contributed by atoms with E-state index in [4.69, 9.17) is 16.3 Å². The largest absolute Gasteiger partial charge is 0.489 e. The van der Waals surface area contributed by atoms with Gasteiger partial charge in [-0.05, 0) is 12.1 Å². The van der Waals surface area contributed by atoms with Crippen LogP contribution in [0.5, 0.6) is 5.75 Å². The molecule has 0 atom stereocenters. The van der Waals surface area contributed by atoms with Crippen LogP contribution in [0.25, 0.3) is 0 Å². The van der Waals surface area contributed by atoms with E-state index in [0.29, 0.717) is 50.8 Å². The van der Waals surface area contributed by atoms with E-state index in [1.807, 2.05) is 12.1 Å². The second kappa shape index (κ2) is 6.95. The molecule has 0 bridgehead atoms. The summed E-state index contributed by atoms with van der Waals surface area (Å²) in [5.74, 6) is 0.656. The van der Waals surface area contributed by atoms with Crippen LogP contribution in [0.2, 0.25) is 5.02 Å². The third kappa shape index (κ3) is 3.12. The standard InChI is InChI=1S/C17H17ClFN5O2/c18-12-10-15-14(11-13(12)19)24(8-9-26-15)17(25)23-6-4-22(5-7-23)16-2-1-3-20-21-16/h1-3,10-11H,4-9H2. The SMILES string of the molecule is O=C(N1CCN(c2cccnn2)CC1)N1CCOc2cc(Cl)c(F)cc21. The fourth-order valence-corrected chi connectivity index (χ4v) is 3.32. The van der Waals surface area contributed by atoms with E-state index in [-0.39, 0.29) is 11.1 Å². The number of halogens is 2. The van der Waals surface area contributed by atoms with Crippen LogP contribution in [-0.4, -0.2) is 60.5 Å². The number of benzene rings is 1. The van der Waals surface area contributed by atoms with Crippen LogP contribution >= 0.6 is 11.6 Å². The number of hydrogen-bond donors (Lipinski definition) is 0. The molecule has 9 heteroatoms. The summed E-state index contributed by atoms with van der Waals surface area (Å²) >= 11 is 5.81. The maximum absolute atomic E-state index is 13.9. The first-order valence-corrected chi connectivity index (χ1v) is 8.72. The van der Waals surface area contributed by atoms with Gasteiger partial charge in [-0.1, -0.05) is 11.6 Å². The number of fused-ring (bicyclic) bond motifs is 1. The first-order chi connectivity index (χ1) is 12.6. The van der Waals surface area contributed by atoms with Crippen LogP contribution in [0.15, 0.2) is 30.5 Å². The Kier molecular flexibility index (Phi) is 4.50. The number of ether oxygens (including phenoxy) is 1. The van der Waals surface area contributed by atoms with Crippen molar-refractivity contribution >= 4 is 29.1 Å². The Morgan fingerprint density at radius 3 is 2.73 bits per heavy atom. The lowest BCUT2D eigenvalue weighted by Crippen LogP contribution is -2.54. The van der Waals surface area contributed by atoms with Crippen molar-refractivity contribution in [2.24, 2.45) is 0 Å². The van der Waals surface area contributed by atoms with Gasteiger partial charge in [-0.2, -0.15) is 5.10 Å². The Bertz CT molecular complexity index is 814. The van der Waals surface area contributed by atoms with Gasteiger partial charge in [0.15, 0.2) is 5.82 Å². The third-order valence-electron chi connectivity index (χ3n) is 4.53. The van der Waals surface area contributed by atoms with Crippen LogP contribution in [0.1, 0.15) is 0 Å². The molecule has 0 unspecified atom stereocenters. The number of carbonyl (C=O) groups excluding carboxylic acids is 1. The molecule has 2 aliphatic rings. The van der Waals surface area contributed by atoms with Crippen molar-refractivity contribution in [3.8, 4) is 5.75 Å². The molecule has 1 aromatic carbocycles. The summed E-state index contributed by atoms with van der Waals surface area (Å²) in [5, 5.41) is 7.97. The molecule has 3 heterocycles. The number of nitrogens with zero attached hydrogens (tertiary/aromatic N) is 5. The summed E-state index contributed by atoms with van der Waals surface area (Å²) in [6.45, 7) is 3.15. The average molecular weight is 378 g/mol. The number of amides is 2. The van der Waals surface area contributed by atoms with Gasteiger partial charge < -0.3 is 14.5 Å². The number of aromatic nitrogens is 2. The Hall–Kier alpha value is -2.61. The highest BCUT2D eigenvalue weighted by Gasteiger charge is 2.31. The lowest BCUT2D eigenvalue weighted by Gasteiger charge is -2.39. The zero-order valence-electron chi connectivity index (χ0n) is 13.9. The molecule has 2 aliphatic heterocycles. The van der Waals surface area contributed by atoms with Gasteiger partial charge in [0, 0.05) is 44.5 Å². The molecule has 136 valence electrons. The van der Waals surface area contributed by atoms with Gasteiger partial charge in [0.2, 0.25) is 0 Å². The third-order valence-corrected chi connectivity index (χ3v) is 4.82. The number of anilines is 2. The van der Waals surface area contributed by atoms with Crippen molar-refractivity contribution in [2.45, 2.75) is 0 Å². The predicted octanol–water partition coefficient (Wildman–Crippen LogP) is 2.41. The van der Waals surface area contributed by atoms with Crippen molar-refractivity contribution in [2.75, 3.05) is 49.1 Å². The number of piperazine rings is 1. The zero-order chi connectivity index (χ0) is 18.1. The van der Waals surface area contributed by atoms with Crippen LogP contribution in [0.3, 0.4) is 0 Å². The van der Waals surface area contributed by atoms with Gasteiger partial charge in [-0.15, -0.1) is 5.10 Å². The molecule has 26 heavy (non-hydrogen) atoms. The topological polar surface area (TPSA) is 61.8 Å². The van der Waals surface area contributed by atoms with Gasteiger partial charge in [0.25, 0.3) is 0 Å². The van der Waals surface area contributed by atoms with E-state index in [1.165, 1.54) is 12.1 Å². The van der Waals surface area contributed by atoms with Crippen molar-refractivity contribution < 1.29 is 13.9 Å². The predicted molar refractivity (Wildman–Crippen MR) is 95.5 cm³/mol. The van der Waals surface area contributed by atoms with Gasteiger partial charge in [-0.3, -0.25) is 4.90 Å². The maximum atomic E-state index is 13.9. The lowest BCUT2D eigenvalue weighted by molar-refractivity contribution is 0.196. The molecule has 4 rings (SSSR count). The van der Waals surface area contributed by atoms with Crippen LogP contribution in [0.4, 0.5) is 20.7 Å². The second-order valence-electron chi connectivity index (χ2n) is 6.07. The molecule has 0 saturated carbocycles. The Morgan fingerprint density at radius 2 is 2.00 bits per heavy atom. The van der Waals surface area contributed by atoms with Crippen LogP contribution in [0, 0.1) is 5.82 Å². The van der Waals surface area contributed by atoms with Gasteiger partial charge in [0.05, 0.1) is 17.3 Å². The van der Waals surface area contributed by atoms with E-state index in [2.05, 4.69) is 15.1 Å². The molecule has 1 saturated heterocycles. The molecular formula is C17H17ClFN5O2. The molecular weight excluding hydrogens is 361 g/mol. The molecule has 0 radical (unpaired) electrons. The number of urea groups is 1. The summed E-state index contributed by atoms with van der Waals surface area (Å²) in [6, 6.07) is 6.25. The highest BCUT2D eigenvalue weighted by atomic mass is 35.5. The average Bonchev–Trinajstić information content (AvgIpc) is 2.69. The smallest absolute Gasteiger partial charge is 0.324 e. The summed E-state index contributed by atoms with van der Waals surface area (Å²) in [7, 11) is 0. The second-order valence-corrected chi connectivity index (χ2v) is 6.48.